The topological polar surface area (TPSA) is 12.0 Å². The standard InChI is InChI=1S/C16H17BrClN/c1-11(2)16(12-6-4-3-5-7-12)19-15-10-13(17)8-9-14(15)18/h3-11,16,19H,1-2H3. The van der Waals surface area contributed by atoms with E-state index in [-0.39, 0.29) is 6.04 Å². The molecule has 0 bridgehead atoms. The Bertz CT molecular complexity index is 540. The van der Waals surface area contributed by atoms with Crippen molar-refractivity contribution in [2.24, 2.45) is 5.92 Å². The van der Waals surface area contributed by atoms with E-state index in [9.17, 15) is 0 Å². The highest BCUT2D eigenvalue weighted by molar-refractivity contribution is 9.10. The van der Waals surface area contributed by atoms with E-state index < -0.39 is 0 Å². The van der Waals surface area contributed by atoms with Gasteiger partial charge in [0.1, 0.15) is 0 Å². The summed E-state index contributed by atoms with van der Waals surface area (Å²) in [7, 11) is 0. The molecule has 0 aliphatic heterocycles. The molecule has 2 aromatic rings. The fourth-order valence-corrected chi connectivity index (χ4v) is 2.60. The van der Waals surface area contributed by atoms with E-state index in [2.05, 4.69) is 59.4 Å². The van der Waals surface area contributed by atoms with Crippen LogP contribution in [0.4, 0.5) is 5.69 Å². The molecule has 100 valence electrons. The third-order valence-electron chi connectivity index (χ3n) is 3.06. The number of nitrogens with one attached hydrogen (secondary N) is 1. The highest BCUT2D eigenvalue weighted by Crippen LogP contribution is 2.32. The monoisotopic (exact) mass is 337 g/mol. The van der Waals surface area contributed by atoms with Gasteiger partial charge >= 0.3 is 0 Å². The second-order valence-corrected chi connectivity index (χ2v) is 6.22. The average molecular weight is 339 g/mol. The number of benzene rings is 2. The Balaban J connectivity index is 2.29. The van der Waals surface area contributed by atoms with Gasteiger partial charge in [-0.15, -0.1) is 0 Å². The van der Waals surface area contributed by atoms with Crippen molar-refractivity contribution >= 4 is 33.2 Å². The zero-order chi connectivity index (χ0) is 13.8. The van der Waals surface area contributed by atoms with Gasteiger partial charge in [-0.25, -0.2) is 0 Å². The van der Waals surface area contributed by atoms with E-state index in [1.165, 1.54) is 5.56 Å². The van der Waals surface area contributed by atoms with Gasteiger partial charge < -0.3 is 5.32 Å². The largest absolute Gasteiger partial charge is 0.377 e. The lowest BCUT2D eigenvalue weighted by atomic mass is 9.96. The van der Waals surface area contributed by atoms with Crippen LogP contribution >= 0.6 is 27.5 Å². The molecule has 0 amide bonds. The van der Waals surface area contributed by atoms with Gasteiger partial charge in [-0.05, 0) is 29.7 Å². The van der Waals surface area contributed by atoms with E-state index in [4.69, 9.17) is 11.6 Å². The average Bonchev–Trinajstić information content (AvgIpc) is 2.40. The van der Waals surface area contributed by atoms with Crippen molar-refractivity contribution < 1.29 is 0 Å². The second-order valence-electron chi connectivity index (χ2n) is 4.90. The molecule has 0 saturated carbocycles. The second kappa shape index (κ2) is 6.44. The molecule has 0 saturated heterocycles. The Morgan fingerprint density at radius 2 is 1.74 bits per heavy atom. The maximum Gasteiger partial charge on any atom is 0.0638 e. The molecule has 1 nitrogen and oxygen atoms in total. The highest BCUT2D eigenvalue weighted by Gasteiger charge is 2.16. The predicted molar refractivity (Wildman–Crippen MR) is 86.8 cm³/mol. The van der Waals surface area contributed by atoms with E-state index in [0.717, 1.165) is 15.2 Å². The Kier molecular flexibility index (Phi) is 4.89. The maximum absolute atomic E-state index is 6.25. The maximum atomic E-state index is 6.25. The van der Waals surface area contributed by atoms with Gasteiger partial charge in [0.25, 0.3) is 0 Å². The van der Waals surface area contributed by atoms with Gasteiger partial charge in [-0.3, -0.25) is 0 Å². The first-order chi connectivity index (χ1) is 9.08. The molecule has 0 spiro atoms. The molecule has 0 fully saturated rings. The summed E-state index contributed by atoms with van der Waals surface area (Å²) in [4.78, 5) is 0. The summed E-state index contributed by atoms with van der Waals surface area (Å²) >= 11 is 9.73. The minimum Gasteiger partial charge on any atom is -0.377 e. The van der Waals surface area contributed by atoms with Crippen molar-refractivity contribution in [2.45, 2.75) is 19.9 Å². The predicted octanol–water partition coefficient (Wildman–Crippen LogP) is 5.91. The molecule has 1 unspecified atom stereocenters. The molecule has 0 aliphatic carbocycles. The highest BCUT2D eigenvalue weighted by atomic mass is 79.9. The van der Waals surface area contributed by atoms with Crippen LogP contribution in [0.25, 0.3) is 0 Å². The van der Waals surface area contributed by atoms with Crippen LogP contribution in [-0.2, 0) is 0 Å². The van der Waals surface area contributed by atoms with Gasteiger partial charge in [-0.2, -0.15) is 0 Å². The molecule has 19 heavy (non-hydrogen) atoms. The lowest BCUT2D eigenvalue weighted by Crippen LogP contribution is -2.16. The molecule has 0 aliphatic rings. The van der Waals surface area contributed by atoms with E-state index >= 15 is 0 Å². The molecular formula is C16H17BrClN. The molecule has 0 heterocycles. The van der Waals surface area contributed by atoms with Crippen LogP contribution in [0.2, 0.25) is 5.02 Å². The number of halogens is 2. The van der Waals surface area contributed by atoms with Gasteiger partial charge in [0.15, 0.2) is 0 Å². The van der Waals surface area contributed by atoms with Crippen LogP contribution in [0.5, 0.6) is 0 Å². The molecule has 3 heteroatoms. The zero-order valence-electron chi connectivity index (χ0n) is 11.0. The Labute approximate surface area is 128 Å². The summed E-state index contributed by atoms with van der Waals surface area (Å²) in [5.74, 6) is 0.470. The number of hydrogen-bond acceptors (Lipinski definition) is 1. The van der Waals surface area contributed by atoms with Crippen LogP contribution < -0.4 is 5.32 Å². The summed E-state index contributed by atoms with van der Waals surface area (Å²) in [6.07, 6.45) is 0. The smallest absolute Gasteiger partial charge is 0.0638 e. The molecule has 0 radical (unpaired) electrons. The number of anilines is 1. The fraction of sp³-hybridized carbons (Fsp3) is 0.250. The zero-order valence-corrected chi connectivity index (χ0v) is 13.4. The quantitative estimate of drug-likeness (QED) is 0.730. The van der Waals surface area contributed by atoms with E-state index in [1.807, 2.05) is 24.3 Å². The van der Waals surface area contributed by atoms with Crippen molar-refractivity contribution in [1.29, 1.82) is 0 Å². The van der Waals surface area contributed by atoms with Crippen molar-refractivity contribution in [3.8, 4) is 0 Å². The fourth-order valence-electron chi connectivity index (χ4n) is 2.07. The SMILES string of the molecule is CC(C)C(Nc1cc(Br)ccc1Cl)c1ccccc1. The lowest BCUT2D eigenvalue weighted by molar-refractivity contribution is 0.546. The normalized spacial score (nSPS) is 12.5. The Morgan fingerprint density at radius 3 is 2.37 bits per heavy atom. The minimum atomic E-state index is 0.244. The van der Waals surface area contributed by atoms with Crippen LogP contribution in [0, 0.1) is 5.92 Å². The van der Waals surface area contributed by atoms with Gasteiger partial charge in [0, 0.05) is 4.47 Å². The van der Waals surface area contributed by atoms with Gasteiger partial charge in [0.2, 0.25) is 0 Å². The van der Waals surface area contributed by atoms with Crippen LogP contribution in [-0.4, -0.2) is 0 Å². The third-order valence-corrected chi connectivity index (χ3v) is 3.89. The first-order valence-corrected chi connectivity index (χ1v) is 7.51. The molecule has 1 atom stereocenters. The summed E-state index contributed by atoms with van der Waals surface area (Å²) < 4.78 is 1.02. The van der Waals surface area contributed by atoms with Gasteiger partial charge in [-0.1, -0.05) is 71.7 Å². The van der Waals surface area contributed by atoms with Crippen molar-refractivity contribution in [3.63, 3.8) is 0 Å². The molecule has 2 rings (SSSR count). The van der Waals surface area contributed by atoms with Crippen molar-refractivity contribution in [1.82, 2.24) is 0 Å². The summed E-state index contributed by atoms with van der Waals surface area (Å²) in [6, 6.07) is 16.6. The first kappa shape index (κ1) is 14.4. The summed E-state index contributed by atoms with van der Waals surface area (Å²) in [5.41, 5.74) is 2.23. The van der Waals surface area contributed by atoms with Crippen LogP contribution in [0.15, 0.2) is 53.0 Å². The summed E-state index contributed by atoms with van der Waals surface area (Å²) in [5, 5.41) is 4.28. The van der Waals surface area contributed by atoms with E-state index in [1.54, 1.807) is 0 Å². The van der Waals surface area contributed by atoms with Crippen molar-refractivity contribution in [3.05, 3.63) is 63.6 Å². The minimum absolute atomic E-state index is 0.244. The number of rotatable bonds is 4. The number of hydrogen-bond donors (Lipinski definition) is 1. The van der Waals surface area contributed by atoms with Crippen LogP contribution in [0.1, 0.15) is 25.5 Å². The Morgan fingerprint density at radius 1 is 1.05 bits per heavy atom. The van der Waals surface area contributed by atoms with Crippen molar-refractivity contribution in [2.75, 3.05) is 5.32 Å². The summed E-state index contributed by atoms with van der Waals surface area (Å²) in [6.45, 7) is 4.41. The molecule has 1 N–H and O–H groups in total. The van der Waals surface area contributed by atoms with E-state index in [0.29, 0.717) is 5.92 Å². The third kappa shape index (κ3) is 3.74. The van der Waals surface area contributed by atoms with Gasteiger partial charge in [0.05, 0.1) is 16.8 Å². The first-order valence-electron chi connectivity index (χ1n) is 6.34. The molecule has 2 aromatic carbocycles. The lowest BCUT2D eigenvalue weighted by Gasteiger charge is -2.24. The molecular weight excluding hydrogens is 322 g/mol. The molecule has 0 aromatic heterocycles. The Hall–Kier alpha value is -0.990. The van der Waals surface area contributed by atoms with Crippen LogP contribution in [0.3, 0.4) is 0 Å².